The molecule has 2 unspecified atom stereocenters. The third-order valence-electron chi connectivity index (χ3n) is 6.63. The number of morpholine rings is 1. The summed E-state index contributed by atoms with van der Waals surface area (Å²) in [5.74, 6) is 0.923. The second kappa shape index (κ2) is 7.35. The number of methoxy groups -OCH3 is 1. The van der Waals surface area contributed by atoms with Crippen LogP contribution >= 0.6 is 0 Å². The highest BCUT2D eigenvalue weighted by molar-refractivity contribution is 7.89. The summed E-state index contributed by atoms with van der Waals surface area (Å²) in [6.07, 6.45) is 5.72. The van der Waals surface area contributed by atoms with Crippen LogP contribution in [0.15, 0.2) is 11.1 Å². The van der Waals surface area contributed by atoms with E-state index in [9.17, 15) is 8.42 Å². The number of hydrogen-bond acceptors (Lipinski definition) is 6. The molecule has 1 aromatic heterocycles. The molecule has 2 saturated heterocycles. The van der Waals surface area contributed by atoms with Crippen LogP contribution in [0.2, 0.25) is 0 Å². The Kier molecular flexibility index (Phi) is 5.22. The minimum absolute atomic E-state index is 0.196. The molecule has 1 aliphatic carbocycles. The van der Waals surface area contributed by atoms with E-state index in [1.807, 2.05) is 0 Å². The van der Waals surface area contributed by atoms with Gasteiger partial charge in [-0.2, -0.15) is 4.31 Å². The van der Waals surface area contributed by atoms with Crippen molar-refractivity contribution in [1.82, 2.24) is 19.4 Å². The summed E-state index contributed by atoms with van der Waals surface area (Å²) in [4.78, 5) is 0. The van der Waals surface area contributed by atoms with E-state index in [2.05, 4.69) is 10.4 Å². The zero-order chi connectivity index (χ0) is 19.1. The van der Waals surface area contributed by atoms with E-state index in [0.717, 1.165) is 39.0 Å². The molecule has 1 aromatic rings. The van der Waals surface area contributed by atoms with Crippen molar-refractivity contribution in [2.45, 2.75) is 43.2 Å². The summed E-state index contributed by atoms with van der Waals surface area (Å²) >= 11 is 0. The first-order valence-electron chi connectivity index (χ1n) is 9.84. The van der Waals surface area contributed by atoms with E-state index < -0.39 is 10.0 Å². The molecule has 2 aliphatic heterocycles. The number of rotatable bonds is 4. The van der Waals surface area contributed by atoms with Gasteiger partial charge in [0.1, 0.15) is 0 Å². The summed E-state index contributed by atoms with van der Waals surface area (Å²) in [6, 6.07) is 1.50. The van der Waals surface area contributed by atoms with Crippen LogP contribution in [0.25, 0.3) is 0 Å². The lowest BCUT2D eigenvalue weighted by atomic mass is 9.76. The van der Waals surface area contributed by atoms with Gasteiger partial charge < -0.3 is 14.8 Å². The molecule has 8 nitrogen and oxygen atoms in total. The summed E-state index contributed by atoms with van der Waals surface area (Å²) in [5.41, 5.74) is 0.279. The fraction of sp³-hybridized carbons (Fsp3) is 0.833. The third-order valence-corrected chi connectivity index (χ3v) is 8.59. The van der Waals surface area contributed by atoms with Crippen molar-refractivity contribution < 1.29 is 17.9 Å². The topological polar surface area (TPSA) is 85.7 Å². The average Bonchev–Trinajstić information content (AvgIpc) is 3.27. The van der Waals surface area contributed by atoms with Crippen molar-refractivity contribution in [2.24, 2.45) is 18.4 Å². The Morgan fingerprint density at radius 3 is 2.74 bits per heavy atom. The fourth-order valence-corrected chi connectivity index (χ4v) is 6.56. The maximum absolute atomic E-state index is 13.0. The number of hydrogen-bond donors (Lipinski definition) is 1. The molecule has 4 rings (SSSR count). The van der Waals surface area contributed by atoms with Crippen molar-refractivity contribution in [3.63, 3.8) is 0 Å². The van der Waals surface area contributed by atoms with Gasteiger partial charge in [0.05, 0.1) is 19.8 Å². The van der Waals surface area contributed by atoms with Gasteiger partial charge in [0.2, 0.25) is 5.88 Å². The fourth-order valence-electron chi connectivity index (χ4n) is 5.01. The van der Waals surface area contributed by atoms with E-state index >= 15 is 0 Å². The molecule has 3 fully saturated rings. The van der Waals surface area contributed by atoms with E-state index in [-0.39, 0.29) is 10.4 Å². The van der Waals surface area contributed by atoms with E-state index in [0.29, 0.717) is 31.0 Å². The van der Waals surface area contributed by atoms with Crippen molar-refractivity contribution in [3.05, 3.63) is 6.07 Å². The molecule has 0 radical (unpaired) electrons. The molecule has 152 valence electrons. The molecule has 0 aromatic carbocycles. The largest absolute Gasteiger partial charge is 0.480 e. The maximum atomic E-state index is 13.0. The zero-order valence-corrected chi connectivity index (χ0v) is 17.0. The number of aryl methyl sites for hydroxylation is 1. The molecule has 9 heteroatoms. The average molecular weight is 399 g/mol. The highest BCUT2D eigenvalue weighted by Gasteiger charge is 2.46. The summed E-state index contributed by atoms with van der Waals surface area (Å²) in [6.45, 7) is 3.84. The highest BCUT2D eigenvalue weighted by Crippen LogP contribution is 2.50. The van der Waals surface area contributed by atoms with Crippen molar-refractivity contribution in [3.8, 4) is 5.88 Å². The molecule has 2 atom stereocenters. The molecule has 0 amide bonds. The number of nitrogens with one attached hydrogen (secondary N) is 1. The summed E-state index contributed by atoms with van der Waals surface area (Å²) in [5, 5.41) is 7.72. The Morgan fingerprint density at radius 1 is 1.33 bits per heavy atom. The maximum Gasteiger partial charge on any atom is 0.260 e. The lowest BCUT2D eigenvalue weighted by Gasteiger charge is -2.39. The monoisotopic (exact) mass is 398 g/mol. The van der Waals surface area contributed by atoms with Crippen LogP contribution in [-0.2, 0) is 21.8 Å². The predicted molar refractivity (Wildman–Crippen MR) is 100 cm³/mol. The lowest BCUT2D eigenvalue weighted by Crippen LogP contribution is -2.44. The molecular weight excluding hydrogens is 368 g/mol. The van der Waals surface area contributed by atoms with Crippen LogP contribution in [-0.4, -0.2) is 68.5 Å². The van der Waals surface area contributed by atoms with Gasteiger partial charge in [-0.3, -0.25) is 4.68 Å². The van der Waals surface area contributed by atoms with Gasteiger partial charge in [-0.1, -0.05) is 0 Å². The second-order valence-corrected chi connectivity index (χ2v) is 10.1. The van der Waals surface area contributed by atoms with Gasteiger partial charge >= 0.3 is 0 Å². The summed E-state index contributed by atoms with van der Waals surface area (Å²) in [7, 11) is -0.412. The smallest absolute Gasteiger partial charge is 0.260 e. The van der Waals surface area contributed by atoms with Crippen LogP contribution in [0.1, 0.15) is 32.1 Å². The van der Waals surface area contributed by atoms with E-state index in [1.165, 1.54) is 30.7 Å². The first-order chi connectivity index (χ1) is 12.9. The van der Waals surface area contributed by atoms with Crippen molar-refractivity contribution >= 4 is 10.0 Å². The molecule has 1 N–H and O–H groups in total. The van der Waals surface area contributed by atoms with Gasteiger partial charge in [0.15, 0.2) is 5.03 Å². The SMILES string of the molecule is COc1cc(S(=O)(=O)N2CCC3(CCC(C4CNCCO4)C3)CC2)n(C)n1. The Balaban J connectivity index is 1.40. The van der Waals surface area contributed by atoms with Crippen LogP contribution in [0, 0.1) is 11.3 Å². The molecule has 3 heterocycles. The Morgan fingerprint density at radius 2 is 2.11 bits per heavy atom. The van der Waals surface area contributed by atoms with Crippen LogP contribution in [0.5, 0.6) is 5.88 Å². The molecule has 1 saturated carbocycles. The normalized spacial score (nSPS) is 29.3. The number of ether oxygens (including phenoxy) is 2. The molecular formula is C18H30N4O4S. The first-order valence-corrected chi connectivity index (χ1v) is 11.3. The van der Waals surface area contributed by atoms with Gasteiger partial charge in [0.25, 0.3) is 10.0 Å². The molecule has 27 heavy (non-hydrogen) atoms. The third kappa shape index (κ3) is 3.62. The van der Waals surface area contributed by atoms with Crippen molar-refractivity contribution in [1.29, 1.82) is 0 Å². The molecule has 0 bridgehead atoms. The first kappa shape index (κ1) is 19.2. The Labute approximate surface area is 161 Å². The number of piperidine rings is 1. The van der Waals surface area contributed by atoms with Crippen LogP contribution in [0.3, 0.4) is 0 Å². The number of aromatic nitrogens is 2. The van der Waals surface area contributed by atoms with Gasteiger partial charge in [-0.05, 0) is 43.4 Å². The minimum Gasteiger partial charge on any atom is -0.480 e. The standard InChI is InChI=1S/C18H30N4O4S/c1-21-17(11-16(20-21)25-2)27(23,24)22-8-5-18(6-9-22)4-3-14(12-18)15-13-19-7-10-26-15/h11,14-15,19H,3-10,12-13H2,1-2H3. The van der Waals surface area contributed by atoms with E-state index in [4.69, 9.17) is 9.47 Å². The molecule has 3 aliphatic rings. The highest BCUT2D eigenvalue weighted by atomic mass is 32.2. The molecule has 1 spiro atoms. The van der Waals surface area contributed by atoms with Crippen LogP contribution < -0.4 is 10.1 Å². The minimum atomic E-state index is -3.54. The lowest BCUT2D eigenvalue weighted by molar-refractivity contribution is -0.0122. The van der Waals surface area contributed by atoms with Crippen molar-refractivity contribution in [2.75, 3.05) is 39.9 Å². The van der Waals surface area contributed by atoms with Gasteiger partial charge in [0, 0.05) is 39.3 Å². The predicted octanol–water partition coefficient (Wildman–Crippen LogP) is 0.988. The Hall–Kier alpha value is -1.16. The van der Waals surface area contributed by atoms with E-state index in [1.54, 1.807) is 11.4 Å². The Bertz CT molecular complexity index is 764. The number of sulfonamides is 1. The summed E-state index contributed by atoms with van der Waals surface area (Å²) < 4.78 is 40.1. The number of nitrogens with zero attached hydrogens (tertiary/aromatic N) is 3. The zero-order valence-electron chi connectivity index (χ0n) is 16.2. The van der Waals surface area contributed by atoms with Gasteiger partial charge in [-0.25, -0.2) is 8.42 Å². The van der Waals surface area contributed by atoms with Crippen LogP contribution in [0.4, 0.5) is 0 Å². The quantitative estimate of drug-likeness (QED) is 0.814. The van der Waals surface area contributed by atoms with Gasteiger partial charge in [-0.15, -0.1) is 5.10 Å². The second-order valence-electron chi connectivity index (χ2n) is 8.17.